The van der Waals surface area contributed by atoms with Gasteiger partial charge in [-0.1, -0.05) is 37.5 Å². The van der Waals surface area contributed by atoms with E-state index in [1.165, 1.54) is 38.5 Å². The van der Waals surface area contributed by atoms with E-state index in [1.54, 1.807) is 0 Å². The highest BCUT2D eigenvalue weighted by Gasteiger charge is 2.33. The largest absolute Gasteiger partial charge is 0.451 e. The molecule has 2 aliphatic heterocycles. The third-order valence-electron chi connectivity index (χ3n) is 7.71. The minimum absolute atomic E-state index is 0.00526. The Balaban J connectivity index is 1.26. The Labute approximate surface area is 201 Å². The van der Waals surface area contributed by atoms with Crippen LogP contribution in [0.2, 0.25) is 0 Å². The Kier molecular flexibility index (Phi) is 7.29. The minimum atomic E-state index is -0.00526. The molecular formula is C27H36N2O3S. The highest BCUT2D eigenvalue weighted by molar-refractivity contribution is 7.99. The standard InChI is InChI=1S/C27H36N2O3S/c30-26(28-15-7-2-8-16-28)20-13-17-29(18-14-20)27(31)25-23(19-33-21-9-3-1-4-10-21)22-11-5-6-12-24(22)32-25/h5-6,11-12,20-21H,1-4,7-10,13-19H2. The van der Waals surface area contributed by atoms with Crippen LogP contribution in [0.15, 0.2) is 28.7 Å². The van der Waals surface area contributed by atoms with E-state index in [1.807, 2.05) is 39.8 Å². The molecule has 0 unspecified atom stereocenters. The number of carbonyl (C=O) groups is 2. The van der Waals surface area contributed by atoms with Gasteiger partial charge in [0.15, 0.2) is 5.76 Å². The van der Waals surface area contributed by atoms with E-state index in [4.69, 9.17) is 4.42 Å². The average molecular weight is 469 g/mol. The van der Waals surface area contributed by atoms with E-state index >= 15 is 0 Å². The van der Waals surface area contributed by atoms with Crippen molar-refractivity contribution in [3.8, 4) is 0 Å². The quantitative estimate of drug-likeness (QED) is 0.551. The van der Waals surface area contributed by atoms with Gasteiger partial charge in [0.1, 0.15) is 5.58 Å². The van der Waals surface area contributed by atoms with E-state index in [-0.39, 0.29) is 11.8 Å². The molecule has 2 amide bonds. The van der Waals surface area contributed by atoms with E-state index in [0.717, 1.165) is 61.1 Å². The smallest absolute Gasteiger partial charge is 0.289 e. The lowest BCUT2D eigenvalue weighted by Gasteiger charge is -2.35. The van der Waals surface area contributed by atoms with Crippen LogP contribution in [0.1, 0.15) is 80.3 Å². The van der Waals surface area contributed by atoms with E-state index in [0.29, 0.717) is 30.0 Å². The van der Waals surface area contributed by atoms with Crippen molar-refractivity contribution in [3.63, 3.8) is 0 Å². The molecule has 1 saturated carbocycles. The van der Waals surface area contributed by atoms with Crippen molar-refractivity contribution in [2.24, 2.45) is 5.92 Å². The first-order valence-corrected chi connectivity index (χ1v) is 14.0. The van der Waals surface area contributed by atoms with Crippen LogP contribution in [0.5, 0.6) is 0 Å². The number of nitrogens with zero attached hydrogens (tertiary/aromatic N) is 2. The molecule has 3 aliphatic rings. The first-order valence-electron chi connectivity index (χ1n) is 12.9. The van der Waals surface area contributed by atoms with Crippen LogP contribution in [0.25, 0.3) is 11.0 Å². The molecule has 5 rings (SSSR count). The van der Waals surface area contributed by atoms with E-state index in [2.05, 4.69) is 6.07 Å². The molecule has 2 aromatic rings. The third kappa shape index (κ3) is 5.11. The molecule has 0 N–H and O–H groups in total. The second-order valence-corrected chi connectivity index (χ2v) is 11.2. The van der Waals surface area contributed by atoms with Crippen LogP contribution >= 0.6 is 11.8 Å². The van der Waals surface area contributed by atoms with Crippen LogP contribution in [-0.4, -0.2) is 53.0 Å². The lowest BCUT2D eigenvalue weighted by atomic mass is 9.94. The Morgan fingerprint density at radius 2 is 1.55 bits per heavy atom. The number of hydrogen-bond donors (Lipinski definition) is 0. The van der Waals surface area contributed by atoms with Crippen LogP contribution in [-0.2, 0) is 10.5 Å². The molecule has 178 valence electrons. The molecule has 2 saturated heterocycles. The number of para-hydroxylation sites is 1. The van der Waals surface area contributed by atoms with Crippen molar-refractivity contribution < 1.29 is 14.0 Å². The predicted octanol–water partition coefficient (Wildman–Crippen LogP) is 5.86. The lowest BCUT2D eigenvalue weighted by Crippen LogP contribution is -2.45. The van der Waals surface area contributed by atoms with Crippen molar-refractivity contribution in [2.75, 3.05) is 26.2 Å². The number of thioether (sulfide) groups is 1. The van der Waals surface area contributed by atoms with Gasteiger partial charge < -0.3 is 14.2 Å². The maximum Gasteiger partial charge on any atom is 0.289 e. The maximum absolute atomic E-state index is 13.5. The Morgan fingerprint density at radius 3 is 2.30 bits per heavy atom. The number of likely N-dealkylation sites (tertiary alicyclic amines) is 2. The van der Waals surface area contributed by atoms with Crippen molar-refractivity contribution >= 4 is 34.5 Å². The summed E-state index contributed by atoms with van der Waals surface area (Å²) in [5.41, 5.74) is 1.85. The Hall–Kier alpha value is -1.95. The first-order chi connectivity index (χ1) is 16.2. The number of furan rings is 1. The normalized spacial score (nSPS) is 21.0. The second-order valence-electron chi connectivity index (χ2n) is 9.93. The minimum Gasteiger partial charge on any atom is -0.451 e. The van der Waals surface area contributed by atoms with Gasteiger partial charge in [-0.05, 0) is 51.0 Å². The maximum atomic E-state index is 13.5. The van der Waals surface area contributed by atoms with Crippen LogP contribution in [0.3, 0.4) is 0 Å². The lowest BCUT2D eigenvalue weighted by molar-refractivity contribution is -0.137. The number of amides is 2. The monoisotopic (exact) mass is 468 g/mol. The van der Waals surface area contributed by atoms with Gasteiger partial charge in [0.2, 0.25) is 5.91 Å². The molecule has 1 aromatic carbocycles. The van der Waals surface area contributed by atoms with Crippen LogP contribution in [0, 0.1) is 5.92 Å². The summed E-state index contributed by atoms with van der Waals surface area (Å²) in [4.78, 5) is 30.4. The molecule has 0 radical (unpaired) electrons. The summed E-state index contributed by atoms with van der Waals surface area (Å²) in [6.07, 6.45) is 11.5. The summed E-state index contributed by atoms with van der Waals surface area (Å²) in [5.74, 6) is 1.70. The summed E-state index contributed by atoms with van der Waals surface area (Å²) >= 11 is 1.99. The highest BCUT2D eigenvalue weighted by atomic mass is 32.2. The summed E-state index contributed by atoms with van der Waals surface area (Å²) in [5, 5.41) is 1.76. The summed E-state index contributed by atoms with van der Waals surface area (Å²) in [6.45, 7) is 3.07. The first kappa shape index (κ1) is 22.8. The van der Waals surface area contributed by atoms with Crippen molar-refractivity contribution in [1.82, 2.24) is 9.80 Å². The molecule has 5 nitrogen and oxygen atoms in total. The van der Waals surface area contributed by atoms with Gasteiger partial charge in [-0.2, -0.15) is 11.8 Å². The number of hydrogen-bond acceptors (Lipinski definition) is 4. The zero-order valence-corrected chi connectivity index (χ0v) is 20.4. The molecule has 3 fully saturated rings. The van der Waals surface area contributed by atoms with E-state index in [9.17, 15) is 9.59 Å². The Bertz CT molecular complexity index is 967. The molecule has 1 aromatic heterocycles. The van der Waals surface area contributed by atoms with Gasteiger partial charge >= 0.3 is 0 Å². The number of piperidine rings is 2. The number of carbonyl (C=O) groups excluding carboxylic acids is 2. The molecule has 1 aliphatic carbocycles. The Morgan fingerprint density at radius 1 is 0.848 bits per heavy atom. The van der Waals surface area contributed by atoms with Gasteiger partial charge in [0.05, 0.1) is 0 Å². The van der Waals surface area contributed by atoms with Crippen LogP contribution in [0.4, 0.5) is 0 Å². The number of fused-ring (bicyclic) bond motifs is 1. The molecule has 0 spiro atoms. The number of rotatable bonds is 5. The molecule has 3 heterocycles. The highest BCUT2D eigenvalue weighted by Crippen LogP contribution is 2.36. The van der Waals surface area contributed by atoms with Gasteiger partial charge in [-0.15, -0.1) is 0 Å². The predicted molar refractivity (Wildman–Crippen MR) is 133 cm³/mol. The zero-order valence-electron chi connectivity index (χ0n) is 19.6. The molecule has 0 atom stereocenters. The SMILES string of the molecule is O=C(c1oc2ccccc2c1CSC1CCCCC1)N1CCC(C(=O)N2CCCCC2)CC1. The van der Waals surface area contributed by atoms with Crippen molar-refractivity contribution in [1.29, 1.82) is 0 Å². The van der Waals surface area contributed by atoms with Crippen molar-refractivity contribution in [3.05, 3.63) is 35.6 Å². The van der Waals surface area contributed by atoms with Gasteiger partial charge in [0, 0.05) is 54.0 Å². The number of benzene rings is 1. The second kappa shape index (κ2) is 10.5. The zero-order chi connectivity index (χ0) is 22.6. The fourth-order valence-electron chi connectivity index (χ4n) is 5.69. The molecule has 6 heteroatoms. The molecule has 33 heavy (non-hydrogen) atoms. The topological polar surface area (TPSA) is 53.8 Å². The summed E-state index contributed by atoms with van der Waals surface area (Å²) in [6, 6.07) is 8.04. The van der Waals surface area contributed by atoms with Gasteiger partial charge in [0.25, 0.3) is 5.91 Å². The van der Waals surface area contributed by atoms with Gasteiger partial charge in [-0.25, -0.2) is 0 Å². The fraction of sp³-hybridized carbons (Fsp3) is 0.630. The fourth-order valence-corrected chi connectivity index (χ4v) is 7.05. The molecular weight excluding hydrogens is 432 g/mol. The third-order valence-corrected chi connectivity index (χ3v) is 9.11. The average Bonchev–Trinajstić information content (AvgIpc) is 3.26. The van der Waals surface area contributed by atoms with Gasteiger partial charge in [-0.3, -0.25) is 9.59 Å². The summed E-state index contributed by atoms with van der Waals surface area (Å²) < 4.78 is 6.14. The van der Waals surface area contributed by atoms with Crippen molar-refractivity contribution in [2.45, 2.75) is 75.2 Å². The molecule has 0 bridgehead atoms. The summed E-state index contributed by atoms with van der Waals surface area (Å²) in [7, 11) is 0. The van der Waals surface area contributed by atoms with Crippen LogP contribution < -0.4 is 0 Å². The van der Waals surface area contributed by atoms with E-state index < -0.39 is 0 Å².